The topological polar surface area (TPSA) is 12.0 Å². The second-order valence-corrected chi connectivity index (χ2v) is 6.07. The van der Waals surface area contributed by atoms with Crippen LogP contribution >= 0.6 is 0 Å². The van der Waals surface area contributed by atoms with Gasteiger partial charge in [-0.1, -0.05) is 64.2 Å². The summed E-state index contributed by atoms with van der Waals surface area (Å²) in [5.74, 6) is 0.499. The highest BCUT2D eigenvalue weighted by molar-refractivity contribution is 5.17. The molecule has 0 aliphatic rings. The van der Waals surface area contributed by atoms with Gasteiger partial charge in [-0.2, -0.15) is 0 Å². The summed E-state index contributed by atoms with van der Waals surface area (Å²) in [7, 11) is 0. The van der Waals surface area contributed by atoms with Crippen molar-refractivity contribution in [2.24, 2.45) is 5.92 Å². The Kier molecular flexibility index (Phi) is 10.1. The first-order valence-electron chi connectivity index (χ1n) is 8.72. The Morgan fingerprint density at radius 1 is 1.00 bits per heavy atom. The molecule has 21 heavy (non-hydrogen) atoms. The van der Waals surface area contributed by atoms with Gasteiger partial charge in [0.05, 0.1) is 0 Å². The minimum atomic E-state index is -0.0519. The summed E-state index contributed by atoms with van der Waals surface area (Å²) in [4.78, 5) is 0. The third-order valence-corrected chi connectivity index (χ3v) is 4.04. The van der Waals surface area contributed by atoms with Crippen molar-refractivity contribution in [2.75, 3.05) is 13.1 Å². The summed E-state index contributed by atoms with van der Waals surface area (Å²) in [5.41, 5.74) is 0.870. The third kappa shape index (κ3) is 8.21. The molecule has 0 saturated heterocycles. The molecule has 1 N–H and O–H groups in total. The standard InChI is InChI=1S/C19H32FN/c1-3-5-6-7-8-11-17(16-21-14-4-2)15-18-12-9-10-13-19(18)20/h9-10,12-13,17,21H,3-8,11,14-16H2,1-2H3. The summed E-state index contributed by atoms with van der Waals surface area (Å²) in [6, 6.07) is 7.22. The molecule has 1 aromatic carbocycles. The third-order valence-electron chi connectivity index (χ3n) is 4.04. The first-order valence-corrected chi connectivity index (χ1v) is 8.72. The van der Waals surface area contributed by atoms with E-state index in [4.69, 9.17) is 0 Å². The average molecular weight is 293 g/mol. The van der Waals surface area contributed by atoms with Crippen molar-refractivity contribution in [3.05, 3.63) is 35.6 Å². The molecule has 1 unspecified atom stereocenters. The molecule has 0 heterocycles. The largest absolute Gasteiger partial charge is 0.316 e. The Morgan fingerprint density at radius 2 is 1.76 bits per heavy atom. The van der Waals surface area contributed by atoms with Crippen LogP contribution in [0.5, 0.6) is 0 Å². The molecule has 0 spiro atoms. The molecule has 1 rings (SSSR count). The maximum Gasteiger partial charge on any atom is 0.126 e. The van der Waals surface area contributed by atoms with Crippen molar-refractivity contribution in [3.8, 4) is 0 Å². The molecule has 0 radical (unpaired) electrons. The van der Waals surface area contributed by atoms with Crippen LogP contribution in [0.2, 0.25) is 0 Å². The Balaban J connectivity index is 2.41. The smallest absolute Gasteiger partial charge is 0.126 e. The summed E-state index contributed by atoms with van der Waals surface area (Å²) < 4.78 is 13.8. The summed E-state index contributed by atoms with van der Waals surface area (Å²) in [6.07, 6.45) is 9.77. The van der Waals surface area contributed by atoms with Crippen LogP contribution in [0.3, 0.4) is 0 Å². The molecule has 0 aliphatic heterocycles. The van der Waals surface area contributed by atoms with Crippen LogP contribution in [0, 0.1) is 11.7 Å². The Bertz CT molecular complexity index is 364. The van der Waals surface area contributed by atoms with E-state index in [1.165, 1.54) is 38.5 Å². The van der Waals surface area contributed by atoms with Crippen LogP contribution in [-0.2, 0) is 6.42 Å². The van der Waals surface area contributed by atoms with Crippen molar-refractivity contribution >= 4 is 0 Å². The zero-order valence-electron chi connectivity index (χ0n) is 13.8. The van der Waals surface area contributed by atoms with Gasteiger partial charge >= 0.3 is 0 Å². The van der Waals surface area contributed by atoms with Gasteiger partial charge in [0.25, 0.3) is 0 Å². The van der Waals surface area contributed by atoms with E-state index >= 15 is 0 Å². The Labute approximate surface area is 130 Å². The fourth-order valence-electron chi connectivity index (χ4n) is 2.77. The van der Waals surface area contributed by atoms with Crippen LogP contribution in [0.4, 0.5) is 4.39 Å². The van der Waals surface area contributed by atoms with Gasteiger partial charge in [0.1, 0.15) is 5.82 Å². The van der Waals surface area contributed by atoms with Crippen molar-refractivity contribution in [3.63, 3.8) is 0 Å². The van der Waals surface area contributed by atoms with Crippen molar-refractivity contribution in [1.82, 2.24) is 5.32 Å². The zero-order chi connectivity index (χ0) is 15.3. The van der Waals surface area contributed by atoms with E-state index in [0.29, 0.717) is 5.92 Å². The van der Waals surface area contributed by atoms with E-state index in [1.54, 1.807) is 12.1 Å². The highest BCUT2D eigenvalue weighted by Crippen LogP contribution is 2.18. The van der Waals surface area contributed by atoms with Crippen molar-refractivity contribution in [2.45, 2.75) is 65.2 Å². The maximum atomic E-state index is 13.8. The first-order chi connectivity index (χ1) is 10.3. The van der Waals surface area contributed by atoms with Gasteiger partial charge in [-0.25, -0.2) is 4.39 Å². The minimum Gasteiger partial charge on any atom is -0.316 e. The molecule has 0 saturated carbocycles. The molecule has 1 nitrogen and oxygen atoms in total. The first kappa shape index (κ1) is 18.2. The lowest BCUT2D eigenvalue weighted by Crippen LogP contribution is -2.25. The summed E-state index contributed by atoms with van der Waals surface area (Å²) >= 11 is 0. The summed E-state index contributed by atoms with van der Waals surface area (Å²) in [6.45, 7) is 6.50. The van der Waals surface area contributed by atoms with Gasteiger partial charge in [0.15, 0.2) is 0 Å². The monoisotopic (exact) mass is 293 g/mol. The number of hydrogen-bond donors (Lipinski definition) is 1. The molecule has 0 amide bonds. The molecule has 1 atom stereocenters. The van der Waals surface area contributed by atoms with Gasteiger partial charge in [-0.3, -0.25) is 0 Å². The zero-order valence-corrected chi connectivity index (χ0v) is 13.8. The normalized spacial score (nSPS) is 12.5. The number of hydrogen-bond acceptors (Lipinski definition) is 1. The SMILES string of the molecule is CCCCCCCC(CNCCC)Cc1ccccc1F. The molecule has 0 aromatic heterocycles. The molecular formula is C19H32FN. The van der Waals surface area contributed by atoms with E-state index in [9.17, 15) is 4.39 Å². The van der Waals surface area contributed by atoms with Crippen LogP contribution in [0.15, 0.2) is 24.3 Å². The molecule has 2 heteroatoms. The fourth-order valence-corrected chi connectivity index (χ4v) is 2.77. The maximum absolute atomic E-state index is 13.8. The lowest BCUT2D eigenvalue weighted by atomic mass is 9.93. The average Bonchev–Trinajstić information content (AvgIpc) is 2.49. The molecule has 0 bridgehead atoms. The van der Waals surface area contributed by atoms with E-state index < -0.39 is 0 Å². The highest BCUT2D eigenvalue weighted by Gasteiger charge is 2.12. The fraction of sp³-hybridized carbons (Fsp3) is 0.684. The number of unbranched alkanes of at least 4 members (excludes halogenated alkanes) is 4. The molecular weight excluding hydrogens is 261 g/mol. The van der Waals surface area contributed by atoms with Crippen LogP contribution in [0.25, 0.3) is 0 Å². The van der Waals surface area contributed by atoms with Crippen molar-refractivity contribution in [1.29, 1.82) is 0 Å². The molecule has 1 aromatic rings. The van der Waals surface area contributed by atoms with E-state index in [1.807, 2.05) is 12.1 Å². The number of rotatable bonds is 12. The highest BCUT2D eigenvalue weighted by atomic mass is 19.1. The molecule has 120 valence electrons. The number of nitrogens with one attached hydrogen (secondary N) is 1. The number of halogens is 1. The Morgan fingerprint density at radius 3 is 2.48 bits per heavy atom. The van der Waals surface area contributed by atoms with E-state index in [0.717, 1.165) is 31.5 Å². The summed E-state index contributed by atoms with van der Waals surface area (Å²) in [5, 5.41) is 3.50. The van der Waals surface area contributed by atoms with E-state index in [2.05, 4.69) is 19.2 Å². The lowest BCUT2D eigenvalue weighted by molar-refractivity contribution is 0.414. The van der Waals surface area contributed by atoms with Crippen LogP contribution in [0.1, 0.15) is 64.4 Å². The second-order valence-electron chi connectivity index (χ2n) is 6.07. The second kappa shape index (κ2) is 11.7. The van der Waals surface area contributed by atoms with Crippen LogP contribution in [-0.4, -0.2) is 13.1 Å². The molecule has 0 aliphatic carbocycles. The van der Waals surface area contributed by atoms with Crippen LogP contribution < -0.4 is 5.32 Å². The van der Waals surface area contributed by atoms with Gasteiger partial charge < -0.3 is 5.32 Å². The van der Waals surface area contributed by atoms with Gasteiger partial charge in [0.2, 0.25) is 0 Å². The van der Waals surface area contributed by atoms with Gasteiger partial charge in [-0.05, 0) is 49.9 Å². The van der Waals surface area contributed by atoms with E-state index in [-0.39, 0.29) is 5.82 Å². The minimum absolute atomic E-state index is 0.0519. The molecule has 0 fully saturated rings. The predicted octanol–water partition coefficient (Wildman–Crippen LogP) is 5.34. The lowest BCUT2D eigenvalue weighted by Gasteiger charge is -2.18. The van der Waals surface area contributed by atoms with Gasteiger partial charge in [-0.15, -0.1) is 0 Å². The van der Waals surface area contributed by atoms with Gasteiger partial charge in [0, 0.05) is 0 Å². The quantitative estimate of drug-likeness (QED) is 0.513. The van der Waals surface area contributed by atoms with Crippen molar-refractivity contribution < 1.29 is 4.39 Å². The number of benzene rings is 1. The predicted molar refractivity (Wildman–Crippen MR) is 90.1 cm³/mol. The Hall–Kier alpha value is -0.890.